The average molecular weight is 242 g/mol. The van der Waals surface area contributed by atoms with Crippen molar-refractivity contribution in [1.82, 2.24) is 10.2 Å². The van der Waals surface area contributed by atoms with Gasteiger partial charge < -0.3 is 20.1 Å². The molecule has 0 radical (unpaired) electrons. The number of hydrogen-bond donors (Lipinski definition) is 2. The molecule has 1 aliphatic carbocycles. The maximum Gasteiger partial charge on any atom is 0.329 e. The number of urea groups is 1. The van der Waals surface area contributed by atoms with Crippen molar-refractivity contribution in [3.8, 4) is 0 Å². The van der Waals surface area contributed by atoms with Crippen LogP contribution in [-0.4, -0.2) is 52.8 Å². The van der Waals surface area contributed by atoms with E-state index in [-0.39, 0.29) is 18.2 Å². The summed E-state index contributed by atoms with van der Waals surface area (Å²) in [5.41, 5.74) is -0.537. The number of carbonyl (C=O) groups excluding carboxylic acids is 1. The van der Waals surface area contributed by atoms with E-state index in [1.54, 1.807) is 4.90 Å². The second kappa shape index (κ2) is 3.87. The number of nitrogens with one attached hydrogen (secondary N) is 1. The maximum atomic E-state index is 11.7. The van der Waals surface area contributed by atoms with Gasteiger partial charge in [0.15, 0.2) is 0 Å². The Morgan fingerprint density at radius 2 is 1.94 bits per heavy atom. The number of carboxylic acids is 1. The molecule has 0 aromatic carbocycles. The Hall–Kier alpha value is -1.30. The summed E-state index contributed by atoms with van der Waals surface area (Å²) in [6.07, 6.45) is 2.05. The van der Waals surface area contributed by atoms with Crippen LogP contribution in [0.25, 0.3) is 0 Å². The van der Waals surface area contributed by atoms with Gasteiger partial charge >= 0.3 is 12.0 Å². The Kier molecular flexibility index (Phi) is 2.77. The molecule has 0 spiro atoms. The molecule has 0 aromatic rings. The van der Waals surface area contributed by atoms with E-state index in [2.05, 4.69) is 5.32 Å². The number of likely N-dealkylation sites (tertiary alicyclic amines) is 1. The van der Waals surface area contributed by atoms with Crippen LogP contribution < -0.4 is 5.32 Å². The predicted molar refractivity (Wildman–Crippen MR) is 59.7 cm³/mol. The first-order chi connectivity index (χ1) is 7.82. The predicted octanol–water partition coefficient (Wildman–Crippen LogP) is 0.424. The van der Waals surface area contributed by atoms with Gasteiger partial charge in [-0.15, -0.1) is 0 Å². The van der Waals surface area contributed by atoms with E-state index in [1.165, 1.54) is 0 Å². The molecule has 17 heavy (non-hydrogen) atoms. The van der Waals surface area contributed by atoms with Gasteiger partial charge in [0.2, 0.25) is 0 Å². The van der Waals surface area contributed by atoms with Crippen LogP contribution in [0.1, 0.15) is 26.7 Å². The minimum absolute atomic E-state index is 0.0228. The first-order valence-corrected chi connectivity index (χ1v) is 5.75. The number of rotatable bonds is 4. The Bertz CT molecular complexity index is 345. The third-order valence-corrected chi connectivity index (χ3v) is 3.29. The molecule has 1 saturated carbocycles. The summed E-state index contributed by atoms with van der Waals surface area (Å²) in [6.45, 7) is 4.41. The van der Waals surface area contributed by atoms with Gasteiger partial charge in [-0.3, -0.25) is 0 Å². The molecule has 96 valence electrons. The lowest BCUT2D eigenvalue weighted by molar-refractivity contribution is -0.159. The average Bonchev–Trinajstić information content (AvgIpc) is 2.88. The zero-order valence-corrected chi connectivity index (χ0v) is 10.2. The fourth-order valence-electron chi connectivity index (χ4n) is 1.88. The summed E-state index contributed by atoms with van der Waals surface area (Å²) in [5.74, 6) is -0.986. The molecule has 1 aliphatic heterocycles. The van der Waals surface area contributed by atoms with Gasteiger partial charge in [0, 0.05) is 5.54 Å². The van der Waals surface area contributed by atoms with Crippen LogP contribution in [-0.2, 0) is 9.53 Å². The van der Waals surface area contributed by atoms with E-state index in [4.69, 9.17) is 9.84 Å². The summed E-state index contributed by atoms with van der Waals surface area (Å²) < 4.78 is 5.23. The van der Waals surface area contributed by atoms with Crippen molar-refractivity contribution in [1.29, 1.82) is 0 Å². The van der Waals surface area contributed by atoms with Crippen LogP contribution >= 0.6 is 0 Å². The van der Waals surface area contributed by atoms with Crippen molar-refractivity contribution in [3.05, 3.63) is 0 Å². The second-order valence-corrected chi connectivity index (χ2v) is 5.48. The molecule has 6 nitrogen and oxygen atoms in total. The van der Waals surface area contributed by atoms with Crippen molar-refractivity contribution in [2.75, 3.05) is 19.7 Å². The highest BCUT2D eigenvalue weighted by Crippen LogP contribution is 2.35. The SMILES string of the molecule is CC1(NC(=O)N2CC(C)(OCC(=O)O)C2)CC1. The molecule has 1 heterocycles. The second-order valence-electron chi connectivity index (χ2n) is 5.48. The third kappa shape index (κ3) is 2.88. The topological polar surface area (TPSA) is 78.9 Å². The Morgan fingerprint density at radius 1 is 1.35 bits per heavy atom. The van der Waals surface area contributed by atoms with E-state index in [0.717, 1.165) is 12.8 Å². The van der Waals surface area contributed by atoms with E-state index in [9.17, 15) is 9.59 Å². The van der Waals surface area contributed by atoms with E-state index < -0.39 is 11.6 Å². The first-order valence-electron chi connectivity index (χ1n) is 5.75. The van der Waals surface area contributed by atoms with E-state index >= 15 is 0 Å². The zero-order valence-electron chi connectivity index (χ0n) is 10.2. The molecule has 2 amide bonds. The van der Waals surface area contributed by atoms with E-state index in [1.807, 2.05) is 13.8 Å². The van der Waals surface area contributed by atoms with Gasteiger partial charge in [-0.25, -0.2) is 9.59 Å². The first kappa shape index (κ1) is 12.2. The van der Waals surface area contributed by atoms with Gasteiger partial charge in [0.1, 0.15) is 12.2 Å². The molecule has 2 aliphatic rings. The molecular formula is C11H18N2O4. The number of carboxylic acid groups (broad SMARTS) is 1. The number of ether oxygens (including phenoxy) is 1. The number of carbonyl (C=O) groups is 2. The highest BCUT2D eigenvalue weighted by atomic mass is 16.5. The molecule has 0 atom stereocenters. The largest absolute Gasteiger partial charge is 0.480 e. The van der Waals surface area contributed by atoms with Crippen LogP contribution in [0, 0.1) is 0 Å². The van der Waals surface area contributed by atoms with Gasteiger partial charge in [-0.2, -0.15) is 0 Å². The molecule has 2 N–H and O–H groups in total. The molecule has 0 aromatic heterocycles. The minimum atomic E-state index is -0.986. The fourth-order valence-corrected chi connectivity index (χ4v) is 1.88. The summed E-state index contributed by atoms with van der Waals surface area (Å²) in [5, 5.41) is 11.5. The summed E-state index contributed by atoms with van der Waals surface area (Å²) >= 11 is 0. The number of aliphatic carboxylic acids is 1. The molecule has 2 fully saturated rings. The Morgan fingerprint density at radius 3 is 2.41 bits per heavy atom. The lowest BCUT2D eigenvalue weighted by atomic mass is 9.97. The molecule has 6 heteroatoms. The lowest BCUT2D eigenvalue weighted by Crippen LogP contribution is -2.66. The van der Waals surface area contributed by atoms with E-state index in [0.29, 0.717) is 13.1 Å². The Balaban J connectivity index is 1.73. The molecule has 0 bridgehead atoms. The van der Waals surface area contributed by atoms with Crippen molar-refractivity contribution in [2.24, 2.45) is 0 Å². The number of nitrogens with zero attached hydrogens (tertiary/aromatic N) is 1. The van der Waals surface area contributed by atoms with Gasteiger partial charge in [0.25, 0.3) is 0 Å². The van der Waals surface area contributed by atoms with Gasteiger partial charge in [-0.05, 0) is 26.7 Å². The van der Waals surface area contributed by atoms with Crippen LogP contribution in [0.15, 0.2) is 0 Å². The van der Waals surface area contributed by atoms with Crippen LogP contribution in [0.2, 0.25) is 0 Å². The third-order valence-electron chi connectivity index (χ3n) is 3.29. The smallest absolute Gasteiger partial charge is 0.329 e. The minimum Gasteiger partial charge on any atom is -0.480 e. The molecule has 0 unspecified atom stereocenters. The quantitative estimate of drug-likeness (QED) is 0.749. The number of hydrogen-bond acceptors (Lipinski definition) is 3. The van der Waals surface area contributed by atoms with Crippen molar-refractivity contribution in [2.45, 2.75) is 37.8 Å². The van der Waals surface area contributed by atoms with Crippen LogP contribution in [0.4, 0.5) is 4.79 Å². The Labute approximate surface area is 99.9 Å². The highest BCUT2D eigenvalue weighted by molar-refractivity contribution is 5.76. The fraction of sp³-hybridized carbons (Fsp3) is 0.818. The summed E-state index contributed by atoms with van der Waals surface area (Å²) in [7, 11) is 0. The van der Waals surface area contributed by atoms with Crippen LogP contribution in [0.5, 0.6) is 0 Å². The van der Waals surface area contributed by atoms with Gasteiger partial charge in [-0.1, -0.05) is 0 Å². The summed E-state index contributed by atoms with van der Waals surface area (Å²) in [4.78, 5) is 23.8. The molecule has 1 saturated heterocycles. The lowest BCUT2D eigenvalue weighted by Gasteiger charge is -2.47. The van der Waals surface area contributed by atoms with Crippen molar-refractivity contribution in [3.63, 3.8) is 0 Å². The van der Waals surface area contributed by atoms with Crippen molar-refractivity contribution < 1.29 is 19.4 Å². The standard InChI is InChI=1S/C11H18N2O4/c1-10(3-4-10)12-9(16)13-6-11(2,7-13)17-5-8(14)15/h3-7H2,1-2H3,(H,12,16)(H,14,15). The van der Waals surface area contributed by atoms with Crippen LogP contribution in [0.3, 0.4) is 0 Å². The molecular weight excluding hydrogens is 224 g/mol. The van der Waals surface area contributed by atoms with Crippen molar-refractivity contribution >= 4 is 12.0 Å². The number of amides is 2. The normalized spacial score (nSPS) is 23.8. The highest BCUT2D eigenvalue weighted by Gasteiger charge is 2.46. The maximum absolute atomic E-state index is 11.7. The zero-order chi connectivity index (χ0) is 12.7. The summed E-state index contributed by atoms with van der Waals surface area (Å²) in [6, 6.07) is -0.0820. The van der Waals surface area contributed by atoms with Gasteiger partial charge in [0.05, 0.1) is 13.1 Å². The molecule has 2 rings (SSSR count). The monoisotopic (exact) mass is 242 g/mol.